The molecule has 0 spiro atoms. The van der Waals surface area contributed by atoms with Crippen molar-refractivity contribution in [1.82, 2.24) is 24.4 Å². The van der Waals surface area contributed by atoms with Crippen LogP contribution in [0.4, 0.5) is 20.7 Å². The Morgan fingerprint density at radius 2 is 1.91 bits per heavy atom. The number of fused-ring (bicyclic) bond motifs is 1. The van der Waals surface area contributed by atoms with E-state index in [9.17, 15) is 9.90 Å². The van der Waals surface area contributed by atoms with E-state index in [1.54, 1.807) is 32.7 Å². The lowest BCUT2D eigenvalue weighted by Crippen LogP contribution is -2.31. The standard InChI is InChI=1S/C24H24FN7O2/c1-14-7-15(29-16(8-14)12-33)10-31-5-6-32(24(31)34)17-3-4-18(20(25)9-17)19-11-30(2)23-21(19)22(26)27-13-28-23/h3-4,7-9,11,13,33H,5-6,10,12H2,1-2H3,(H2,26,27,28). The largest absolute Gasteiger partial charge is 0.390 e. The van der Waals surface area contributed by atoms with Crippen molar-refractivity contribution >= 4 is 28.6 Å². The number of halogens is 1. The van der Waals surface area contributed by atoms with E-state index in [0.29, 0.717) is 58.9 Å². The molecule has 0 atom stereocenters. The van der Waals surface area contributed by atoms with E-state index in [0.717, 1.165) is 5.56 Å². The van der Waals surface area contributed by atoms with Crippen LogP contribution in [0.25, 0.3) is 22.2 Å². The SMILES string of the molecule is Cc1cc(CO)nc(CN2CCN(c3ccc(-c4cn(C)c5ncnc(N)c45)c(F)c3)C2=O)c1. The fraction of sp³-hybridized carbons (Fsp3) is 0.250. The van der Waals surface area contributed by atoms with Crippen LogP contribution in [0.5, 0.6) is 0 Å². The number of aryl methyl sites for hydroxylation is 2. The zero-order chi connectivity index (χ0) is 24.0. The highest BCUT2D eigenvalue weighted by molar-refractivity contribution is 6.01. The summed E-state index contributed by atoms with van der Waals surface area (Å²) in [7, 11) is 1.81. The van der Waals surface area contributed by atoms with Crippen molar-refractivity contribution in [3.8, 4) is 11.1 Å². The third-order valence-corrected chi connectivity index (χ3v) is 6.02. The summed E-state index contributed by atoms with van der Waals surface area (Å²) in [5, 5.41) is 9.98. The van der Waals surface area contributed by atoms with E-state index < -0.39 is 5.82 Å². The van der Waals surface area contributed by atoms with Gasteiger partial charge < -0.3 is 20.3 Å². The van der Waals surface area contributed by atoms with Crippen LogP contribution in [0.1, 0.15) is 17.0 Å². The van der Waals surface area contributed by atoms with Crippen molar-refractivity contribution < 1.29 is 14.3 Å². The molecule has 0 radical (unpaired) electrons. The van der Waals surface area contributed by atoms with Gasteiger partial charge in [-0.2, -0.15) is 0 Å². The number of nitrogens with zero attached hydrogens (tertiary/aromatic N) is 6. The Balaban J connectivity index is 1.41. The number of amides is 2. The van der Waals surface area contributed by atoms with Crippen molar-refractivity contribution in [1.29, 1.82) is 0 Å². The van der Waals surface area contributed by atoms with E-state index in [1.165, 1.54) is 12.4 Å². The topological polar surface area (TPSA) is 113 Å². The molecule has 2 amide bonds. The van der Waals surface area contributed by atoms with Crippen molar-refractivity contribution in [2.24, 2.45) is 7.05 Å². The molecular formula is C24H24FN7O2. The number of hydrogen-bond acceptors (Lipinski definition) is 6. The number of urea groups is 1. The number of carbonyl (C=O) groups excluding carboxylic acids is 1. The Morgan fingerprint density at radius 1 is 1.12 bits per heavy atom. The van der Waals surface area contributed by atoms with Gasteiger partial charge in [-0.15, -0.1) is 0 Å². The number of anilines is 2. The van der Waals surface area contributed by atoms with Gasteiger partial charge in [-0.1, -0.05) is 0 Å². The first-order chi connectivity index (χ1) is 16.4. The number of rotatable bonds is 5. The van der Waals surface area contributed by atoms with Crippen LogP contribution in [0, 0.1) is 12.7 Å². The van der Waals surface area contributed by atoms with Gasteiger partial charge in [0.25, 0.3) is 0 Å². The molecular weight excluding hydrogens is 437 g/mol. The number of nitrogen functional groups attached to an aromatic ring is 1. The number of carbonyl (C=O) groups is 1. The number of nitrogens with two attached hydrogens (primary N) is 1. The molecule has 10 heteroatoms. The molecule has 0 aliphatic carbocycles. The highest BCUT2D eigenvalue weighted by atomic mass is 19.1. The van der Waals surface area contributed by atoms with Crippen LogP contribution in [0.15, 0.2) is 42.9 Å². The summed E-state index contributed by atoms with van der Waals surface area (Å²) in [5.74, 6) is -0.184. The van der Waals surface area contributed by atoms with E-state index >= 15 is 4.39 Å². The van der Waals surface area contributed by atoms with Gasteiger partial charge in [0.2, 0.25) is 0 Å². The third-order valence-electron chi connectivity index (χ3n) is 6.02. The van der Waals surface area contributed by atoms with Crippen molar-refractivity contribution in [2.75, 3.05) is 23.7 Å². The Kier molecular flexibility index (Phi) is 5.37. The fourth-order valence-corrected chi connectivity index (χ4v) is 4.47. The summed E-state index contributed by atoms with van der Waals surface area (Å²) in [6.45, 7) is 3.01. The second-order valence-corrected chi connectivity index (χ2v) is 8.42. The molecule has 34 heavy (non-hydrogen) atoms. The molecule has 0 saturated carbocycles. The van der Waals surface area contributed by atoms with Gasteiger partial charge in [-0.3, -0.25) is 9.88 Å². The zero-order valence-corrected chi connectivity index (χ0v) is 18.9. The summed E-state index contributed by atoms with van der Waals surface area (Å²) in [4.78, 5) is 28.9. The highest BCUT2D eigenvalue weighted by Crippen LogP contribution is 2.35. The molecule has 0 unspecified atom stereocenters. The van der Waals surface area contributed by atoms with Gasteiger partial charge in [0.05, 0.1) is 29.9 Å². The lowest BCUT2D eigenvalue weighted by atomic mass is 10.0. The van der Waals surface area contributed by atoms with Crippen LogP contribution in [0.3, 0.4) is 0 Å². The Bertz CT molecular complexity index is 1420. The van der Waals surface area contributed by atoms with Crippen molar-refractivity contribution in [3.63, 3.8) is 0 Å². The molecule has 174 valence electrons. The van der Waals surface area contributed by atoms with Gasteiger partial charge in [0.1, 0.15) is 23.6 Å². The Hall–Kier alpha value is -4.05. The van der Waals surface area contributed by atoms with E-state index in [1.807, 2.05) is 26.1 Å². The second kappa shape index (κ2) is 8.38. The number of pyridine rings is 1. The average Bonchev–Trinajstić information content (AvgIpc) is 3.34. The summed E-state index contributed by atoms with van der Waals surface area (Å²) in [6.07, 6.45) is 3.15. The molecule has 4 aromatic rings. The molecule has 1 aliphatic heterocycles. The van der Waals surface area contributed by atoms with Gasteiger partial charge in [-0.25, -0.2) is 19.2 Å². The highest BCUT2D eigenvalue weighted by Gasteiger charge is 2.30. The number of hydrogen-bond donors (Lipinski definition) is 2. The number of aliphatic hydroxyl groups excluding tert-OH is 1. The first-order valence-corrected chi connectivity index (χ1v) is 10.8. The first kappa shape index (κ1) is 21.8. The van der Waals surface area contributed by atoms with Gasteiger partial charge >= 0.3 is 6.03 Å². The van der Waals surface area contributed by atoms with Crippen LogP contribution in [-0.4, -0.2) is 48.6 Å². The first-order valence-electron chi connectivity index (χ1n) is 10.8. The maximum Gasteiger partial charge on any atom is 0.324 e. The molecule has 1 saturated heterocycles. The predicted molar refractivity (Wildman–Crippen MR) is 126 cm³/mol. The van der Waals surface area contributed by atoms with Crippen LogP contribution >= 0.6 is 0 Å². The van der Waals surface area contributed by atoms with Crippen LogP contribution in [0.2, 0.25) is 0 Å². The Morgan fingerprint density at radius 3 is 2.68 bits per heavy atom. The number of aromatic nitrogens is 4. The molecule has 9 nitrogen and oxygen atoms in total. The van der Waals surface area contributed by atoms with Gasteiger partial charge in [-0.05, 0) is 42.8 Å². The van der Waals surface area contributed by atoms with Gasteiger partial charge in [0, 0.05) is 43.1 Å². The maximum absolute atomic E-state index is 15.3. The monoisotopic (exact) mass is 461 g/mol. The maximum atomic E-state index is 15.3. The van der Waals surface area contributed by atoms with E-state index in [2.05, 4.69) is 15.0 Å². The average molecular weight is 462 g/mol. The number of aliphatic hydroxyl groups is 1. The molecule has 1 fully saturated rings. The summed E-state index contributed by atoms with van der Waals surface area (Å²) in [5.41, 5.74) is 10.3. The predicted octanol–water partition coefficient (Wildman–Crippen LogP) is 2.99. The molecule has 1 aliphatic rings. The normalized spacial score (nSPS) is 13.9. The molecule has 0 bridgehead atoms. The zero-order valence-electron chi connectivity index (χ0n) is 18.9. The summed E-state index contributed by atoms with van der Waals surface area (Å²) < 4.78 is 17.1. The Labute approximate surface area is 195 Å². The smallest absolute Gasteiger partial charge is 0.324 e. The molecule has 3 aromatic heterocycles. The fourth-order valence-electron chi connectivity index (χ4n) is 4.47. The number of benzene rings is 1. The van der Waals surface area contributed by atoms with Crippen LogP contribution < -0.4 is 10.6 Å². The molecule has 3 N–H and O–H groups in total. The second-order valence-electron chi connectivity index (χ2n) is 8.42. The van der Waals surface area contributed by atoms with Crippen LogP contribution in [-0.2, 0) is 20.2 Å². The molecule has 4 heterocycles. The summed E-state index contributed by atoms with van der Waals surface area (Å²) >= 11 is 0. The lowest BCUT2D eigenvalue weighted by molar-refractivity contribution is 0.218. The summed E-state index contributed by atoms with van der Waals surface area (Å²) in [6, 6.07) is 8.23. The quantitative estimate of drug-likeness (QED) is 0.472. The van der Waals surface area contributed by atoms with Crippen molar-refractivity contribution in [2.45, 2.75) is 20.1 Å². The molecule has 5 rings (SSSR count). The van der Waals surface area contributed by atoms with E-state index in [-0.39, 0.29) is 18.5 Å². The minimum atomic E-state index is -0.465. The minimum Gasteiger partial charge on any atom is -0.390 e. The van der Waals surface area contributed by atoms with Gasteiger partial charge in [0.15, 0.2) is 0 Å². The minimum absolute atomic E-state index is 0.158. The lowest BCUT2D eigenvalue weighted by Gasteiger charge is -2.19. The van der Waals surface area contributed by atoms with Crippen molar-refractivity contribution in [3.05, 3.63) is 65.6 Å². The third kappa shape index (κ3) is 3.71. The molecule has 1 aromatic carbocycles. The van der Waals surface area contributed by atoms with E-state index in [4.69, 9.17) is 5.73 Å².